The topological polar surface area (TPSA) is 104 Å². The fraction of sp³-hybridized carbons (Fsp3) is 0.375. The summed E-state index contributed by atoms with van der Waals surface area (Å²) in [5, 5.41) is 3.59. The molecular formula is C24H27Cl2N3O5S. The quantitative estimate of drug-likeness (QED) is 0.575. The van der Waals surface area contributed by atoms with Crippen LogP contribution in [0, 0.1) is 0 Å². The molecule has 0 spiro atoms. The van der Waals surface area contributed by atoms with E-state index < -0.39 is 33.4 Å². The van der Waals surface area contributed by atoms with Gasteiger partial charge in [0.05, 0.1) is 5.56 Å². The van der Waals surface area contributed by atoms with E-state index >= 15 is 0 Å². The third-order valence-electron chi connectivity index (χ3n) is 5.46. The van der Waals surface area contributed by atoms with Crippen LogP contribution in [0.15, 0.2) is 47.4 Å². The summed E-state index contributed by atoms with van der Waals surface area (Å²) in [4.78, 5) is 40.1. The number of fused-ring (bicyclic) bond motifs is 1. The van der Waals surface area contributed by atoms with Gasteiger partial charge >= 0.3 is 0 Å². The van der Waals surface area contributed by atoms with E-state index in [0.717, 1.165) is 0 Å². The molecule has 1 aliphatic rings. The fourth-order valence-corrected chi connectivity index (χ4v) is 5.72. The smallest absolute Gasteiger partial charge is 0.269 e. The lowest BCUT2D eigenvalue weighted by Crippen LogP contribution is -2.52. The van der Waals surface area contributed by atoms with E-state index in [9.17, 15) is 22.8 Å². The molecule has 0 aliphatic carbocycles. The zero-order valence-corrected chi connectivity index (χ0v) is 22.2. The molecule has 0 unspecified atom stereocenters. The van der Waals surface area contributed by atoms with Gasteiger partial charge in [-0.2, -0.15) is 0 Å². The van der Waals surface area contributed by atoms with Crippen molar-refractivity contribution in [3.63, 3.8) is 0 Å². The monoisotopic (exact) mass is 539 g/mol. The number of sulfonamides is 1. The lowest BCUT2D eigenvalue weighted by molar-refractivity contribution is -0.141. The Balaban J connectivity index is 1.83. The summed E-state index contributed by atoms with van der Waals surface area (Å²) in [7, 11) is -4.05. The molecule has 1 atom stereocenters. The minimum absolute atomic E-state index is 0.00547. The molecule has 2 aromatic rings. The molecule has 1 N–H and O–H groups in total. The summed E-state index contributed by atoms with van der Waals surface area (Å²) in [6, 6.07) is 9.83. The SMILES string of the molecule is C[C@@H](C(=O)NC(C)(C)C)N(Cc1ccc(Cl)cc1Cl)C(=O)CCN1C(=O)c2ccccc2S1(=O)=O. The predicted molar refractivity (Wildman–Crippen MR) is 134 cm³/mol. The van der Waals surface area contributed by atoms with Crippen LogP contribution in [0.4, 0.5) is 0 Å². The average Bonchev–Trinajstić information content (AvgIpc) is 2.95. The van der Waals surface area contributed by atoms with Gasteiger partial charge in [-0.05, 0) is 57.5 Å². The van der Waals surface area contributed by atoms with E-state index in [4.69, 9.17) is 23.2 Å². The van der Waals surface area contributed by atoms with Gasteiger partial charge in [0.15, 0.2) is 0 Å². The Hall–Kier alpha value is -2.62. The van der Waals surface area contributed by atoms with E-state index in [1.165, 1.54) is 29.2 Å². The Morgan fingerprint density at radius 1 is 1.11 bits per heavy atom. The molecule has 0 fully saturated rings. The zero-order chi connectivity index (χ0) is 26.1. The lowest BCUT2D eigenvalue weighted by atomic mass is 10.1. The highest BCUT2D eigenvalue weighted by atomic mass is 35.5. The Morgan fingerprint density at radius 2 is 1.77 bits per heavy atom. The molecule has 11 heteroatoms. The molecule has 0 bridgehead atoms. The maximum atomic E-state index is 13.3. The molecule has 1 aliphatic heterocycles. The minimum Gasteiger partial charge on any atom is -0.350 e. The van der Waals surface area contributed by atoms with Crippen LogP contribution < -0.4 is 5.32 Å². The number of rotatable bonds is 7. The van der Waals surface area contributed by atoms with Crippen LogP contribution in [-0.4, -0.2) is 53.5 Å². The van der Waals surface area contributed by atoms with Crippen LogP contribution in [-0.2, 0) is 26.2 Å². The van der Waals surface area contributed by atoms with Gasteiger partial charge in [-0.15, -0.1) is 0 Å². The summed E-state index contributed by atoms with van der Waals surface area (Å²) in [6.45, 7) is 6.68. The molecule has 1 heterocycles. The predicted octanol–water partition coefficient (Wildman–Crippen LogP) is 3.86. The van der Waals surface area contributed by atoms with Crippen molar-refractivity contribution >= 4 is 50.9 Å². The van der Waals surface area contributed by atoms with Crippen molar-refractivity contribution in [3.05, 3.63) is 63.6 Å². The first-order valence-electron chi connectivity index (χ1n) is 10.9. The second-order valence-electron chi connectivity index (χ2n) is 9.30. The van der Waals surface area contributed by atoms with Crippen molar-refractivity contribution in [3.8, 4) is 0 Å². The van der Waals surface area contributed by atoms with Crippen molar-refractivity contribution in [2.45, 2.75) is 57.1 Å². The molecule has 0 aromatic heterocycles. The number of carbonyl (C=O) groups is 3. The van der Waals surface area contributed by atoms with E-state index in [-0.39, 0.29) is 35.9 Å². The largest absolute Gasteiger partial charge is 0.350 e. The maximum absolute atomic E-state index is 13.3. The van der Waals surface area contributed by atoms with Crippen molar-refractivity contribution in [2.24, 2.45) is 0 Å². The molecule has 8 nitrogen and oxygen atoms in total. The van der Waals surface area contributed by atoms with Gasteiger partial charge in [0.1, 0.15) is 10.9 Å². The summed E-state index contributed by atoms with van der Waals surface area (Å²) in [5.41, 5.74) is 0.111. The average molecular weight is 540 g/mol. The third-order valence-corrected chi connectivity index (χ3v) is 7.89. The van der Waals surface area contributed by atoms with E-state index in [1.807, 2.05) is 20.8 Å². The van der Waals surface area contributed by atoms with E-state index in [0.29, 0.717) is 19.9 Å². The summed E-state index contributed by atoms with van der Waals surface area (Å²) < 4.78 is 26.4. The number of nitrogens with one attached hydrogen (secondary N) is 1. The molecule has 3 rings (SSSR count). The van der Waals surface area contributed by atoms with Crippen molar-refractivity contribution in [1.82, 2.24) is 14.5 Å². The number of benzene rings is 2. The van der Waals surface area contributed by atoms with Crippen molar-refractivity contribution < 1.29 is 22.8 Å². The molecular weight excluding hydrogens is 513 g/mol. The van der Waals surface area contributed by atoms with Crippen LogP contribution in [0.25, 0.3) is 0 Å². The van der Waals surface area contributed by atoms with Gasteiger partial charge < -0.3 is 10.2 Å². The van der Waals surface area contributed by atoms with Gasteiger partial charge in [-0.1, -0.05) is 41.4 Å². The highest BCUT2D eigenvalue weighted by molar-refractivity contribution is 7.90. The van der Waals surface area contributed by atoms with Gasteiger partial charge in [0, 0.05) is 35.1 Å². The van der Waals surface area contributed by atoms with Crippen LogP contribution in [0.2, 0.25) is 10.0 Å². The molecule has 188 valence electrons. The van der Waals surface area contributed by atoms with Gasteiger partial charge in [-0.25, -0.2) is 12.7 Å². The summed E-state index contributed by atoms with van der Waals surface area (Å²) in [6.07, 6.45) is -0.308. The molecule has 35 heavy (non-hydrogen) atoms. The highest BCUT2D eigenvalue weighted by Crippen LogP contribution is 2.30. The second kappa shape index (κ2) is 10.2. The number of halogens is 2. The Labute approximate surface area is 215 Å². The molecule has 0 saturated heterocycles. The van der Waals surface area contributed by atoms with Crippen LogP contribution in [0.5, 0.6) is 0 Å². The lowest BCUT2D eigenvalue weighted by Gasteiger charge is -2.32. The number of hydrogen-bond acceptors (Lipinski definition) is 5. The highest BCUT2D eigenvalue weighted by Gasteiger charge is 2.41. The third kappa shape index (κ3) is 5.97. The fourth-order valence-electron chi connectivity index (χ4n) is 3.68. The van der Waals surface area contributed by atoms with E-state index in [2.05, 4.69) is 5.32 Å². The minimum atomic E-state index is -4.05. The summed E-state index contributed by atoms with van der Waals surface area (Å²) >= 11 is 12.3. The zero-order valence-electron chi connectivity index (χ0n) is 19.8. The maximum Gasteiger partial charge on any atom is 0.269 e. The first-order chi connectivity index (χ1) is 16.2. The number of carbonyl (C=O) groups excluding carboxylic acids is 3. The normalized spacial score (nSPS) is 15.5. The number of amides is 3. The summed E-state index contributed by atoms with van der Waals surface area (Å²) in [5.74, 6) is -1.57. The first-order valence-corrected chi connectivity index (χ1v) is 13.1. The Kier molecular flexibility index (Phi) is 7.83. The number of hydrogen-bond donors (Lipinski definition) is 1. The van der Waals surface area contributed by atoms with Crippen molar-refractivity contribution in [1.29, 1.82) is 0 Å². The van der Waals surface area contributed by atoms with Crippen LogP contribution in [0.1, 0.15) is 50.0 Å². The molecule has 0 saturated carbocycles. The van der Waals surface area contributed by atoms with Crippen LogP contribution >= 0.6 is 23.2 Å². The van der Waals surface area contributed by atoms with Crippen molar-refractivity contribution in [2.75, 3.05) is 6.54 Å². The van der Waals surface area contributed by atoms with Gasteiger partial charge in [0.2, 0.25) is 11.8 Å². The van der Waals surface area contributed by atoms with E-state index in [1.54, 1.807) is 25.1 Å². The Bertz CT molecular complexity index is 1270. The number of nitrogens with zero attached hydrogens (tertiary/aromatic N) is 2. The van der Waals surface area contributed by atoms with Crippen LogP contribution in [0.3, 0.4) is 0 Å². The molecule has 0 radical (unpaired) electrons. The second-order valence-corrected chi connectivity index (χ2v) is 12.0. The first kappa shape index (κ1) is 27.0. The molecule has 2 aromatic carbocycles. The van der Waals surface area contributed by atoms with Gasteiger partial charge in [0.25, 0.3) is 15.9 Å². The Morgan fingerprint density at radius 3 is 2.37 bits per heavy atom. The molecule has 3 amide bonds. The standard InChI is InChI=1S/C24H27Cl2N3O5S/c1-15(22(31)27-24(2,3)4)28(14-16-9-10-17(25)13-19(16)26)21(30)11-12-29-23(32)18-7-5-6-8-20(18)35(29,33)34/h5-10,13,15H,11-12,14H2,1-4H3,(H,27,31)/t15-/m0/s1. The van der Waals surface area contributed by atoms with Gasteiger partial charge in [-0.3, -0.25) is 14.4 Å².